The first-order valence-electron chi connectivity index (χ1n) is 6.98. The lowest BCUT2D eigenvalue weighted by molar-refractivity contribution is -0.120. The minimum absolute atomic E-state index is 0.113. The summed E-state index contributed by atoms with van der Waals surface area (Å²) < 4.78 is 5.42. The van der Waals surface area contributed by atoms with E-state index in [4.69, 9.17) is 16.3 Å². The molecule has 0 bridgehead atoms. The highest BCUT2D eigenvalue weighted by Crippen LogP contribution is 2.33. The molecule has 116 valence electrons. The molecular weight excluding hydrogens is 300 g/mol. The van der Waals surface area contributed by atoms with Crippen LogP contribution in [0.2, 0.25) is 5.02 Å². The second-order valence-electron chi connectivity index (χ2n) is 4.79. The molecule has 1 amide bonds. The maximum absolute atomic E-state index is 12.1. The zero-order chi connectivity index (χ0) is 15.9. The van der Waals surface area contributed by atoms with E-state index in [0.717, 1.165) is 11.1 Å². The number of rotatable bonds is 6. The number of likely N-dealkylation sites (N-methyl/N-ethyl adjacent to an activating group) is 1. The molecule has 0 aliphatic carbocycles. The van der Waals surface area contributed by atoms with Crippen molar-refractivity contribution in [2.24, 2.45) is 0 Å². The number of carbonyl (C=O) groups is 1. The molecule has 0 heterocycles. The van der Waals surface area contributed by atoms with Gasteiger partial charge in [-0.05, 0) is 24.7 Å². The Morgan fingerprint density at radius 2 is 1.77 bits per heavy atom. The fraction of sp³-hybridized carbons (Fsp3) is 0.235. The number of methoxy groups -OCH3 is 1. The van der Waals surface area contributed by atoms with Crippen LogP contribution in [0.1, 0.15) is 17.2 Å². The third kappa shape index (κ3) is 3.78. The monoisotopic (exact) mass is 318 g/mol. The van der Waals surface area contributed by atoms with Crippen LogP contribution in [0.15, 0.2) is 48.5 Å². The van der Waals surface area contributed by atoms with E-state index in [1.54, 1.807) is 14.2 Å². The summed E-state index contributed by atoms with van der Waals surface area (Å²) in [5.74, 6) is 0.593. The Bertz CT molecular complexity index is 646. The quantitative estimate of drug-likeness (QED) is 0.861. The van der Waals surface area contributed by atoms with Gasteiger partial charge in [0.2, 0.25) is 5.91 Å². The first-order chi connectivity index (χ1) is 10.7. The zero-order valence-electron chi connectivity index (χ0n) is 12.6. The van der Waals surface area contributed by atoms with Gasteiger partial charge in [-0.3, -0.25) is 4.79 Å². The van der Waals surface area contributed by atoms with Crippen LogP contribution in [0.3, 0.4) is 0 Å². The third-order valence-electron chi connectivity index (χ3n) is 3.31. The fourth-order valence-corrected chi connectivity index (χ4v) is 2.55. The van der Waals surface area contributed by atoms with Crippen LogP contribution in [-0.2, 0) is 4.79 Å². The van der Waals surface area contributed by atoms with Crippen molar-refractivity contribution in [2.45, 2.75) is 6.04 Å². The van der Waals surface area contributed by atoms with Gasteiger partial charge in [0.25, 0.3) is 0 Å². The predicted molar refractivity (Wildman–Crippen MR) is 88.4 cm³/mol. The number of benzene rings is 2. The first kappa shape index (κ1) is 16.3. The molecule has 2 aromatic carbocycles. The van der Waals surface area contributed by atoms with Crippen molar-refractivity contribution >= 4 is 17.5 Å². The second kappa shape index (κ2) is 7.82. The van der Waals surface area contributed by atoms with Crippen molar-refractivity contribution in [2.75, 3.05) is 20.7 Å². The van der Waals surface area contributed by atoms with E-state index in [9.17, 15) is 4.79 Å². The zero-order valence-corrected chi connectivity index (χ0v) is 13.4. The largest absolute Gasteiger partial charge is 0.496 e. The molecular formula is C17H19ClN2O2. The molecule has 1 atom stereocenters. The van der Waals surface area contributed by atoms with E-state index < -0.39 is 0 Å². The summed E-state index contributed by atoms with van der Waals surface area (Å²) in [5.41, 5.74) is 1.70. The standard InChI is InChI=1S/C17H19ClN2O2/c1-19-11-16(21)20-17(12-7-3-5-9-14(12)18)13-8-4-6-10-15(13)22-2/h3-10,17,19H,11H2,1-2H3,(H,20,21)/t17-/m0/s1. The van der Waals surface area contributed by atoms with Crippen LogP contribution in [0.4, 0.5) is 0 Å². The molecule has 0 aromatic heterocycles. The Labute approximate surface area is 135 Å². The van der Waals surface area contributed by atoms with Crippen molar-refractivity contribution < 1.29 is 9.53 Å². The molecule has 0 aliphatic heterocycles. The predicted octanol–water partition coefficient (Wildman–Crippen LogP) is 2.77. The Morgan fingerprint density at radius 3 is 2.41 bits per heavy atom. The number of hydrogen-bond donors (Lipinski definition) is 2. The van der Waals surface area contributed by atoms with Gasteiger partial charge >= 0.3 is 0 Å². The van der Waals surface area contributed by atoms with E-state index in [1.807, 2.05) is 48.5 Å². The summed E-state index contributed by atoms with van der Waals surface area (Å²) in [6, 6.07) is 14.7. The molecule has 0 radical (unpaired) electrons. The summed E-state index contributed by atoms with van der Waals surface area (Å²) in [5, 5.41) is 6.44. The van der Waals surface area contributed by atoms with Gasteiger partial charge in [0.1, 0.15) is 5.75 Å². The number of amides is 1. The number of halogens is 1. The lowest BCUT2D eigenvalue weighted by Gasteiger charge is -2.22. The molecule has 22 heavy (non-hydrogen) atoms. The van der Waals surface area contributed by atoms with E-state index in [0.29, 0.717) is 10.8 Å². The smallest absolute Gasteiger partial charge is 0.234 e. The summed E-state index contributed by atoms with van der Waals surface area (Å²) in [4.78, 5) is 12.1. The van der Waals surface area contributed by atoms with Gasteiger partial charge in [-0.2, -0.15) is 0 Å². The van der Waals surface area contributed by atoms with Crippen molar-refractivity contribution in [3.63, 3.8) is 0 Å². The molecule has 0 saturated heterocycles. The van der Waals surface area contributed by atoms with Gasteiger partial charge in [0.05, 0.1) is 19.7 Å². The topological polar surface area (TPSA) is 50.4 Å². The Kier molecular flexibility index (Phi) is 5.81. The van der Waals surface area contributed by atoms with Gasteiger partial charge in [0.15, 0.2) is 0 Å². The van der Waals surface area contributed by atoms with Crippen LogP contribution < -0.4 is 15.4 Å². The Balaban J connectivity index is 2.46. The molecule has 0 spiro atoms. The number of nitrogens with one attached hydrogen (secondary N) is 2. The highest BCUT2D eigenvalue weighted by molar-refractivity contribution is 6.31. The molecule has 2 rings (SSSR count). The van der Waals surface area contributed by atoms with Crippen molar-refractivity contribution in [1.29, 1.82) is 0 Å². The molecule has 0 aliphatic rings. The second-order valence-corrected chi connectivity index (χ2v) is 5.20. The molecule has 5 heteroatoms. The van der Waals surface area contributed by atoms with Crippen LogP contribution in [0.5, 0.6) is 5.75 Å². The Hall–Kier alpha value is -2.04. The average Bonchev–Trinajstić information content (AvgIpc) is 2.54. The third-order valence-corrected chi connectivity index (χ3v) is 3.65. The van der Waals surface area contributed by atoms with Gasteiger partial charge in [-0.15, -0.1) is 0 Å². The van der Waals surface area contributed by atoms with Crippen LogP contribution >= 0.6 is 11.6 Å². The SMILES string of the molecule is CNCC(=O)N[C@@H](c1ccccc1Cl)c1ccccc1OC. The summed E-state index contributed by atoms with van der Waals surface area (Å²) in [6.07, 6.45) is 0. The fourth-order valence-electron chi connectivity index (χ4n) is 2.31. The number of para-hydroxylation sites is 1. The van der Waals surface area contributed by atoms with Crippen LogP contribution in [0.25, 0.3) is 0 Å². The summed E-state index contributed by atoms with van der Waals surface area (Å²) in [6.45, 7) is 0.232. The van der Waals surface area contributed by atoms with Crippen molar-refractivity contribution in [3.8, 4) is 5.75 Å². The van der Waals surface area contributed by atoms with Crippen molar-refractivity contribution in [1.82, 2.24) is 10.6 Å². The van der Waals surface area contributed by atoms with Gasteiger partial charge in [-0.25, -0.2) is 0 Å². The Morgan fingerprint density at radius 1 is 1.14 bits per heavy atom. The summed E-state index contributed by atoms with van der Waals surface area (Å²) >= 11 is 6.32. The molecule has 2 aromatic rings. The van der Waals surface area contributed by atoms with E-state index in [-0.39, 0.29) is 18.5 Å². The summed E-state index contributed by atoms with van der Waals surface area (Å²) in [7, 11) is 3.34. The van der Waals surface area contributed by atoms with Gasteiger partial charge < -0.3 is 15.4 Å². The number of hydrogen-bond acceptors (Lipinski definition) is 3. The first-order valence-corrected chi connectivity index (χ1v) is 7.36. The van der Waals surface area contributed by atoms with E-state index >= 15 is 0 Å². The number of carbonyl (C=O) groups excluding carboxylic acids is 1. The van der Waals surface area contributed by atoms with E-state index in [1.165, 1.54) is 0 Å². The molecule has 2 N–H and O–H groups in total. The average molecular weight is 319 g/mol. The van der Waals surface area contributed by atoms with Crippen molar-refractivity contribution in [3.05, 3.63) is 64.7 Å². The molecule has 0 unspecified atom stereocenters. The van der Waals surface area contributed by atoms with Gasteiger partial charge in [-0.1, -0.05) is 48.0 Å². The van der Waals surface area contributed by atoms with Crippen LogP contribution in [-0.4, -0.2) is 26.6 Å². The van der Waals surface area contributed by atoms with Gasteiger partial charge in [0, 0.05) is 10.6 Å². The minimum Gasteiger partial charge on any atom is -0.496 e. The highest BCUT2D eigenvalue weighted by atomic mass is 35.5. The molecule has 0 saturated carbocycles. The minimum atomic E-state index is -0.370. The molecule has 0 fully saturated rings. The lowest BCUT2D eigenvalue weighted by Crippen LogP contribution is -2.35. The van der Waals surface area contributed by atoms with E-state index in [2.05, 4.69) is 10.6 Å². The molecule has 4 nitrogen and oxygen atoms in total. The maximum atomic E-state index is 12.1. The van der Waals surface area contributed by atoms with Crippen LogP contribution in [0, 0.1) is 0 Å². The maximum Gasteiger partial charge on any atom is 0.234 e. The number of ether oxygens (including phenoxy) is 1. The highest BCUT2D eigenvalue weighted by Gasteiger charge is 2.21. The lowest BCUT2D eigenvalue weighted by atomic mass is 9.97. The normalized spacial score (nSPS) is 11.8.